The Hall–Kier alpha value is -1.19. The molecule has 0 aliphatic heterocycles. The summed E-state index contributed by atoms with van der Waals surface area (Å²) in [4.78, 5) is 25.8. The van der Waals surface area contributed by atoms with Gasteiger partial charge in [0.1, 0.15) is 11.5 Å². The van der Waals surface area contributed by atoms with Gasteiger partial charge < -0.3 is 4.74 Å². The van der Waals surface area contributed by atoms with Crippen LogP contribution in [0, 0.1) is 0 Å². The molecule has 4 heteroatoms. The van der Waals surface area contributed by atoms with Gasteiger partial charge in [0.25, 0.3) is 0 Å². The largest absolute Gasteiger partial charge is 0.462 e. The fourth-order valence-corrected chi connectivity index (χ4v) is 0.834. The number of ketones is 1. The Bertz CT molecular complexity index is 221. The summed E-state index contributed by atoms with van der Waals surface area (Å²) in [6.07, 6.45) is 0.0622. The summed E-state index contributed by atoms with van der Waals surface area (Å²) in [6.45, 7) is 5.74. The molecule has 0 fully saturated rings. The van der Waals surface area contributed by atoms with Crippen LogP contribution in [0.2, 0.25) is 0 Å². The highest BCUT2D eigenvalue weighted by Crippen LogP contribution is 1.93. The van der Waals surface area contributed by atoms with Gasteiger partial charge in [0.05, 0.1) is 13.0 Å². The van der Waals surface area contributed by atoms with Crippen molar-refractivity contribution in [1.29, 1.82) is 0 Å². The fourth-order valence-electron chi connectivity index (χ4n) is 0.834. The number of rotatable bonds is 5. The summed E-state index contributed by atoms with van der Waals surface area (Å²) in [5.74, 6) is -0.570. The minimum atomic E-state index is -0.487. The molecule has 0 radical (unpaired) electrons. The molecule has 0 atom stereocenters. The van der Waals surface area contributed by atoms with Crippen LogP contribution in [0.15, 0.2) is 4.99 Å². The Labute approximate surface area is 78.0 Å². The lowest BCUT2D eigenvalue weighted by Crippen LogP contribution is -2.20. The first-order valence-electron chi connectivity index (χ1n) is 4.31. The summed E-state index contributed by atoms with van der Waals surface area (Å²) >= 11 is 0. The summed E-state index contributed by atoms with van der Waals surface area (Å²) in [6, 6.07) is 0. The van der Waals surface area contributed by atoms with Crippen LogP contribution in [0.25, 0.3) is 0 Å². The minimum absolute atomic E-state index is 0.0622. The van der Waals surface area contributed by atoms with Gasteiger partial charge in [-0.1, -0.05) is 0 Å². The van der Waals surface area contributed by atoms with Crippen LogP contribution in [-0.4, -0.2) is 30.6 Å². The van der Waals surface area contributed by atoms with Crippen LogP contribution in [0.4, 0.5) is 0 Å². The van der Waals surface area contributed by atoms with Crippen molar-refractivity contribution >= 4 is 17.5 Å². The number of Topliss-reactive ketones (excluding diaryl/α,β-unsaturated/α-hetero) is 1. The molecule has 0 N–H and O–H groups in total. The summed E-state index contributed by atoms with van der Waals surface area (Å²) in [5.41, 5.74) is 0.219. The molecule has 0 saturated heterocycles. The van der Waals surface area contributed by atoms with Gasteiger partial charge in [0.2, 0.25) is 0 Å². The van der Waals surface area contributed by atoms with E-state index in [4.69, 9.17) is 4.74 Å². The lowest BCUT2D eigenvalue weighted by molar-refractivity contribution is -0.135. The molecule has 0 rings (SSSR count). The van der Waals surface area contributed by atoms with E-state index in [1.807, 2.05) is 0 Å². The van der Waals surface area contributed by atoms with Gasteiger partial charge in [-0.3, -0.25) is 9.79 Å². The van der Waals surface area contributed by atoms with Gasteiger partial charge >= 0.3 is 5.97 Å². The first-order valence-corrected chi connectivity index (χ1v) is 4.31. The van der Waals surface area contributed by atoms with Crippen LogP contribution in [-0.2, 0) is 14.3 Å². The lowest BCUT2D eigenvalue weighted by atomic mass is 10.2. The van der Waals surface area contributed by atoms with Crippen molar-refractivity contribution < 1.29 is 14.3 Å². The Balaban J connectivity index is 4.33. The van der Waals surface area contributed by atoms with E-state index in [9.17, 15) is 9.59 Å². The average Bonchev–Trinajstić information content (AvgIpc) is 2.03. The SMILES string of the molecule is CCN=C(CC(C)=O)C(=O)OCC. The molecular formula is C9H15NO3. The van der Waals surface area contributed by atoms with E-state index in [0.717, 1.165) is 0 Å². The first kappa shape index (κ1) is 11.8. The Kier molecular flexibility index (Phi) is 5.76. The second-order valence-electron chi connectivity index (χ2n) is 2.52. The molecule has 0 unspecified atom stereocenters. The van der Waals surface area contributed by atoms with Crippen LogP contribution in [0.5, 0.6) is 0 Å². The Morgan fingerprint density at radius 2 is 1.92 bits per heavy atom. The second-order valence-corrected chi connectivity index (χ2v) is 2.52. The predicted octanol–water partition coefficient (Wildman–Crippen LogP) is 0.989. The molecule has 74 valence electrons. The maximum atomic E-state index is 11.2. The number of esters is 1. The van der Waals surface area contributed by atoms with E-state index in [2.05, 4.69) is 4.99 Å². The van der Waals surface area contributed by atoms with Crippen molar-refractivity contribution in [2.75, 3.05) is 13.2 Å². The molecule has 0 aromatic carbocycles. The quantitative estimate of drug-likeness (QED) is 0.474. The zero-order valence-corrected chi connectivity index (χ0v) is 8.29. The molecule has 13 heavy (non-hydrogen) atoms. The van der Waals surface area contributed by atoms with Crippen LogP contribution in [0.3, 0.4) is 0 Å². The maximum absolute atomic E-state index is 11.2. The molecule has 0 heterocycles. The third kappa shape index (κ3) is 5.11. The van der Waals surface area contributed by atoms with Gasteiger partial charge in [0.15, 0.2) is 0 Å². The number of hydrogen-bond acceptors (Lipinski definition) is 4. The van der Waals surface area contributed by atoms with E-state index in [-0.39, 0.29) is 17.9 Å². The highest BCUT2D eigenvalue weighted by molar-refractivity contribution is 6.39. The Morgan fingerprint density at radius 3 is 2.31 bits per heavy atom. The normalized spacial score (nSPS) is 11.2. The summed E-state index contributed by atoms with van der Waals surface area (Å²) in [5, 5.41) is 0. The van der Waals surface area contributed by atoms with Crippen LogP contribution >= 0.6 is 0 Å². The molecule has 0 spiro atoms. The molecular weight excluding hydrogens is 170 g/mol. The number of hydrogen-bond donors (Lipinski definition) is 0. The Morgan fingerprint density at radius 1 is 1.31 bits per heavy atom. The number of aliphatic imine (C=N–C) groups is 1. The van der Waals surface area contributed by atoms with Gasteiger partial charge in [0, 0.05) is 6.54 Å². The molecule has 0 bridgehead atoms. The molecule has 0 amide bonds. The van der Waals surface area contributed by atoms with E-state index in [1.165, 1.54) is 6.92 Å². The van der Waals surface area contributed by atoms with E-state index < -0.39 is 5.97 Å². The highest BCUT2D eigenvalue weighted by Gasteiger charge is 2.13. The van der Waals surface area contributed by atoms with Crippen molar-refractivity contribution in [1.82, 2.24) is 0 Å². The standard InChI is InChI=1S/C9H15NO3/c1-4-10-8(6-7(3)11)9(12)13-5-2/h4-6H2,1-3H3. The topological polar surface area (TPSA) is 55.7 Å². The average molecular weight is 185 g/mol. The van der Waals surface area contributed by atoms with Gasteiger partial charge in [-0.25, -0.2) is 4.79 Å². The van der Waals surface area contributed by atoms with E-state index >= 15 is 0 Å². The fraction of sp³-hybridized carbons (Fsp3) is 0.667. The third-order valence-corrected chi connectivity index (χ3v) is 1.28. The minimum Gasteiger partial charge on any atom is -0.462 e. The smallest absolute Gasteiger partial charge is 0.352 e. The van der Waals surface area contributed by atoms with Crippen molar-refractivity contribution in [2.45, 2.75) is 27.2 Å². The van der Waals surface area contributed by atoms with Crippen molar-refractivity contribution in [2.24, 2.45) is 4.99 Å². The zero-order valence-electron chi connectivity index (χ0n) is 8.29. The molecule has 0 saturated carbocycles. The van der Waals surface area contributed by atoms with E-state index in [0.29, 0.717) is 13.2 Å². The number of carbonyl (C=O) groups is 2. The second kappa shape index (κ2) is 6.34. The number of carbonyl (C=O) groups excluding carboxylic acids is 2. The maximum Gasteiger partial charge on any atom is 0.352 e. The van der Waals surface area contributed by atoms with Crippen molar-refractivity contribution in [3.63, 3.8) is 0 Å². The lowest BCUT2D eigenvalue weighted by Gasteiger charge is -2.03. The summed E-state index contributed by atoms with van der Waals surface area (Å²) in [7, 11) is 0. The molecule has 0 aromatic rings. The highest BCUT2D eigenvalue weighted by atomic mass is 16.5. The molecule has 4 nitrogen and oxygen atoms in total. The molecule has 0 aliphatic carbocycles. The van der Waals surface area contributed by atoms with Crippen molar-refractivity contribution in [3.8, 4) is 0 Å². The predicted molar refractivity (Wildman–Crippen MR) is 49.9 cm³/mol. The first-order chi connectivity index (χ1) is 6.11. The van der Waals surface area contributed by atoms with Crippen LogP contribution in [0.1, 0.15) is 27.2 Å². The third-order valence-electron chi connectivity index (χ3n) is 1.28. The monoisotopic (exact) mass is 185 g/mol. The van der Waals surface area contributed by atoms with Gasteiger partial charge in [-0.05, 0) is 20.8 Å². The van der Waals surface area contributed by atoms with Gasteiger partial charge in [-0.15, -0.1) is 0 Å². The molecule has 0 aliphatic rings. The van der Waals surface area contributed by atoms with E-state index in [1.54, 1.807) is 13.8 Å². The van der Waals surface area contributed by atoms with Gasteiger partial charge in [-0.2, -0.15) is 0 Å². The zero-order chi connectivity index (χ0) is 10.3. The number of ether oxygens (including phenoxy) is 1. The summed E-state index contributed by atoms with van der Waals surface area (Å²) < 4.78 is 4.74. The van der Waals surface area contributed by atoms with Crippen LogP contribution < -0.4 is 0 Å². The molecule has 0 aromatic heterocycles. The van der Waals surface area contributed by atoms with Crippen molar-refractivity contribution in [3.05, 3.63) is 0 Å². The number of nitrogens with zero attached hydrogens (tertiary/aromatic N) is 1.